The standard InChI is InChI=1S/C13H17F2N/c14-13(15)12-4-2-1-3-11(12)9-5-7-10(16)8-6-9/h5-8,11-13H,1-4,16H2. The summed E-state index contributed by atoms with van der Waals surface area (Å²) in [7, 11) is 0. The molecule has 2 N–H and O–H groups in total. The van der Waals surface area contributed by atoms with Crippen LogP contribution in [0.15, 0.2) is 24.3 Å². The van der Waals surface area contributed by atoms with Gasteiger partial charge in [0.1, 0.15) is 0 Å². The van der Waals surface area contributed by atoms with Crippen molar-refractivity contribution in [3.63, 3.8) is 0 Å². The molecule has 0 aromatic heterocycles. The van der Waals surface area contributed by atoms with Crippen LogP contribution in [0.4, 0.5) is 14.5 Å². The lowest BCUT2D eigenvalue weighted by Gasteiger charge is -2.31. The number of anilines is 1. The van der Waals surface area contributed by atoms with Crippen LogP contribution in [-0.4, -0.2) is 6.43 Å². The van der Waals surface area contributed by atoms with Gasteiger partial charge in [0.05, 0.1) is 0 Å². The SMILES string of the molecule is Nc1ccc(C2CCCCC2C(F)F)cc1. The van der Waals surface area contributed by atoms with Gasteiger partial charge in [-0.2, -0.15) is 0 Å². The van der Waals surface area contributed by atoms with Gasteiger partial charge in [0.2, 0.25) is 6.43 Å². The van der Waals surface area contributed by atoms with E-state index in [0.717, 1.165) is 24.8 Å². The molecule has 1 saturated carbocycles. The van der Waals surface area contributed by atoms with E-state index in [4.69, 9.17) is 5.73 Å². The number of nitrogen functional groups attached to an aromatic ring is 1. The predicted molar refractivity (Wildman–Crippen MR) is 61.6 cm³/mol. The molecule has 88 valence electrons. The Morgan fingerprint density at radius 3 is 2.31 bits per heavy atom. The average molecular weight is 225 g/mol. The molecule has 1 nitrogen and oxygen atoms in total. The zero-order valence-corrected chi connectivity index (χ0v) is 9.20. The van der Waals surface area contributed by atoms with Crippen molar-refractivity contribution in [1.82, 2.24) is 0 Å². The lowest BCUT2D eigenvalue weighted by atomic mass is 9.75. The predicted octanol–water partition coefficient (Wildman–Crippen LogP) is 3.81. The van der Waals surface area contributed by atoms with Crippen LogP contribution in [0, 0.1) is 5.92 Å². The van der Waals surface area contributed by atoms with E-state index < -0.39 is 12.3 Å². The third kappa shape index (κ3) is 2.34. The highest BCUT2D eigenvalue weighted by molar-refractivity contribution is 5.40. The van der Waals surface area contributed by atoms with Crippen LogP contribution in [0.25, 0.3) is 0 Å². The van der Waals surface area contributed by atoms with Crippen molar-refractivity contribution in [2.75, 3.05) is 5.73 Å². The molecule has 2 rings (SSSR count). The Balaban J connectivity index is 2.19. The van der Waals surface area contributed by atoms with Crippen molar-refractivity contribution in [3.05, 3.63) is 29.8 Å². The van der Waals surface area contributed by atoms with Gasteiger partial charge in [-0.15, -0.1) is 0 Å². The lowest BCUT2D eigenvalue weighted by molar-refractivity contribution is 0.0430. The summed E-state index contributed by atoms with van der Waals surface area (Å²) in [5.41, 5.74) is 7.30. The molecule has 3 heteroatoms. The summed E-state index contributed by atoms with van der Waals surface area (Å²) in [6.07, 6.45) is 1.30. The van der Waals surface area contributed by atoms with Crippen molar-refractivity contribution in [2.45, 2.75) is 38.0 Å². The third-order valence-electron chi connectivity index (χ3n) is 3.51. The summed E-state index contributed by atoms with van der Waals surface area (Å²) < 4.78 is 25.8. The summed E-state index contributed by atoms with van der Waals surface area (Å²) in [4.78, 5) is 0. The molecule has 0 saturated heterocycles. The first kappa shape index (κ1) is 11.4. The van der Waals surface area contributed by atoms with Crippen molar-refractivity contribution >= 4 is 5.69 Å². The first-order valence-corrected chi connectivity index (χ1v) is 5.82. The fraction of sp³-hybridized carbons (Fsp3) is 0.538. The maximum absolute atomic E-state index is 12.9. The van der Waals surface area contributed by atoms with Gasteiger partial charge in [-0.1, -0.05) is 25.0 Å². The Morgan fingerprint density at radius 1 is 1.06 bits per heavy atom. The summed E-state index contributed by atoms with van der Waals surface area (Å²) in [6.45, 7) is 0. The van der Waals surface area contributed by atoms with Gasteiger partial charge in [0.25, 0.3) is 0 Å². The number of benzene rings is 1. The second kappa shape index (κ2) is 4.81. The van der Waals surface area contributed by atoms with Gasteiger partial charge in [-0.3, -0.25) is 0 Å². The van der Waals surface area contributed by atoms with Gasteiger partial charge in [0.15, 0.2) is 0 Å². The number of hydrogen-bond donors (Lipinski definition) is 1. The number of halogens is 2. The minimum Gasteiger partial charge on any atom is -0.399 e. The topological polar surface area (TPSA) is 26.0 Å². The molecule has 0 amide bonds. The summed E-state index contributed by atoms with van der Waals surface area (Å²) in [6, 6.07) is 7.38. The molecule has 1 aromatic rings. The van der Waals surface area contributed by atoms with E-state index in [1.807, 2.05) is 12.1 Å². The zero-order chi connectivity index (χ0) is 11.5. The van der Waals surface area contributed by atoms with E-state index in [0.29, 0.717) is 12.1 Å². The molecule has 1 aliphatic carbocycles. The molecule has 1 aromatic carbocycles. The smallest absolute Gasteiger partial charge is 0.242 e. The highest BCUT2D eigenvalue weighted by Gasteiger charge is 2.32. The van der Waals surface area contributed by atoms with Crippen molar-refractivity contribution in [1.29, 1.82) is 0 Å². The fourth-order valence-electron chi connectivity index (χ4n) is 2.62. The van der Waals surface area contributed by atoms with E-state index in [9.17, 15) is 8.78 Å². The first-order valence-electron chi connectivity index (χ1n) is 5.82. The molecule has 0 spiro atoms. The molecule has 1 aliphatic rings. The van der Waals surface area contributed by atoms with Gasteiger partial charge in [-0.05, 0) is 36.5 Å². The monoisotopic (exact) mass is 225 g/mol. The van der Waals surface area contributed by atoms with Crippen LogP contribution in [0.2, 0.25) is 0 Å². The van der Waals surface area contributed by atoms with E-state index >= 15 is 0 Å². The Kier molecular flexibility index (Phi) is 3.42. The number of alkyl halides is 2. The summed E-state index contributed by atoms with van der Waals surface area (Å²) in [5.74, 6) is -0.466. The number of rotatable bonds is 2. The van der Waals surface area contributed by atoms with Gasteiger partial charge in [0, 0.05) is 11.6 Å². The summed E-state index contributed by atoms with van der Waals surface area (Å²) >= 11 is 0. The van der Waals surface area contributed by atoms with Crippen LogP contribution < -0.4 is 5.73 Å². The van der Waals surface area contributed by atoms with Crippen LogP contribution in [0.5, 0.6) is 0 Å². The van der Waals surface area contributed by atoms with Crippen molar-refractivity contribution in [3.8, 4) is 0 Å². The molecule has 0 radical (unpaired) electrons. The van der Waals surface area contributed by atoms with E-state index in [1.165, 1.54) is 0 Å². The third-order valence-corrected chi connectivity index (χ3v) is 3.51. The van der Waals surface area contributed by atoms with Crippen LogP contribution in [0.1, 0.15) is 37.2 Å². The van der Waals surface area contributed by atoms with Crippen LogP contribution >= 0.6 is 0 Å². The molecule has 1 fully saturated rings. The molecular formula is C13H17F2N. The Bertz CT molecular complexity index is 334. The fourth-order valence-corrected chi connectivity index (χ4v) is 2.62. The molecule has 16 heavy (non-hydrogen) atoms. The Hall–Kier alpha value is -1.12. The second-order valence-corrected chi connectivity index (χ2v) is 4.56. The molecule has 0 heterocycles. The lowest BCUT2D eigenvalue weighted by Crippen LogP contribution is -2.24. The van der Waals surface area contributed by atoms with E-state index in [2.05, 4.69) is 0 Å². The van der Waals surface area contributed by atoms with Gasteiger partial charge in [-0.25, -0.2) is 8.78 Å². The minimum absolute atomic E-state index is 0.00866. The van der Waals surface area contributed by atoms with Gasteiger partial charge >= 0.3 is 0 Å². The average Bonchev–Trinajstić information content (AvgIpc) is 2.30. The molecule has 0 aliphatic heterocycles. The molecule has 0 bridgehead atoms. The first-order chi connectivity index (χ1) is 7.68. The largest absolute Gasteiger partial charge is 0.399 e. The zero-order valence-electron chi connectivity index (χ0n) is 9.20. The van der Waals surface area contributed by atoms with Crippen molar-refractivity contribution in [2.24, 2.45) is 5.92 Å². The maximum atomic E-state index is 12.9. The normalized spacial score (nSPS) is 25.9. The Labute approximate surface area is 94.7 Å². The van der Waals surface area contributed by atoms with Crippen LogP contribution in [-0.2, 0) is 0 Å². The van der Waals surface area contributed by atoms with E-state index in [1.54, 1.807) is 12.1 Å². The highest BCUT2D eigenvalue weighted by Crippen LogP contribution is 2.41. The van der Waals surface area contributed by atoms with Crippen molar-refractivity contribution < 1.29 is 8.78 Å². The molecule has 2 unspecified atom stereocenters. The number of nitrogens with two attached hydrogens (primary N) is 1. The molecular weight excluding hydrogens is 208 g/mol. The van der Waals surface area contributed by atoms with Gasteiger partial charge < -0.3 is 5.73 Å². The Morgan fingerprint density at radius 2 is 1.69 bits per heavy atom. The quantitative estimate of drug-likeness (QED) is 0.761. The summed E-state index contributed by atoms with van der Waals surface area (Å²) in [5, 5.41) is 0. The molecule has 2 atom stereocenters. The maximum Gasteiger partial charge on any atom is 0.242 e. The van der Waals surface area contributed by atoms with E-state index in [-0.39, 0.29) is 5.92 Å². The highest BCUT2D eigenvalue weighted by atomic mass is 19.3. The van der Waals surface area contributed by atoms with Crippen LogP contribution in [0.3, 0.4) is 0 Å². The second-order valence-electron chi connectivity index (χ2n) is 4.56. The minimum atomic E-state index is -2.21. The number of hydrogen-bond acceptors (Lipinski definition) is 1.